The summed E-state index contributed by atoms with van der Waals surface area (Å²) in [5.74, 6) is 0. The smallest absolute Gasteiger partial charge is 0.101 e. The minimum atomic E-state index is -0.164. The lowest BCUT2D eigenvalue weighted by atomic mass is 10.1. The Hall–Kier alpha value is -2.73. The predicted molar refractivity (Wildman–Crippen MR) is 109 cm³/mol. The van der Waals surface area contributed by atoms with Crippen molar-refractivity contribution < 1.29 is 9.47 Å². The average Bonchev–Trinajstić information content (AvgIpc) is 2.64. The highest BCUT2D eigenvalue weighted by atomic mass is 16.5. The van der Waals surface area contributed by atoms with Gasteiger partial charge in [0.15, 0.2) is 0 Å². The molecule has 5 nitrogen and oxygen atoms in total. The topological polar surface area (TPSA) is 78.9 Å². The van der Waals surface area contributed by atoms with Gasteiger partial charge in [0.2, 0.25) is 0 Å². The average molecular weight is 380 g/mol. The fourth-order valence-electron chi connectivity index (χ4n) is 1.96. The van der Waals surface area contributed by atoms with Crippen molar-refractivity contribution in [2.24, 2.45) is 0 Å². The van der Waals surface area contributed by atoms with Crippen molar-refractivity contribution in [1.82, 2.24) is 4.98 Å². The molecule has 0 saturated heterocycles. The molecular formula is C23H29N3O2. The van der Waals surface area contributed by atoms with Gasteiger partial charge >= 0.3 is 0 Å². The molecule has 0 N–H and O–H groups in total. The lowest BCUT2D eigenvalue weighted by molar-refractivity contribution is -0.0153. The van der Waals surface area contributed by atoms with Crippen LogP contribution in [0.25, 0.3) is 0 Å². The highest BCUT2D eigenvalue weighted by Crippen LogP contribution is 2.13. The molecule has 28 heavy (non-hydrogen) atoms. The van der Waals surface area contributed by atoms with Crippen LogP contribution in [0.5, 0.6) is 0 Å². The number of aromatic nitrogens is 1. The Balaban J connectivity index is 0.000000280. The second-order valence-electron chi connectivity index (χ2n) is 8.31. The number of hydrogen-bond acceptors (Lipinski definition) is 5. The quantitative estimate of drug-likeness (QED) is 0.735. The molecular weight excluding hydrogens is 350 g/mol. The Morgan fingerprint density at radius 1 is 0.786 bits per heavy atom. The largest absolute Gasteiger partial charge is 0.371 e. The van der Waals surface area contributed by atoms with Crippen molar-refractivity contribution >= 4 is 0 Å². The molecule has 1 aromatic carbocycles. The summed E-state index contributed by atoms with van der Waals surface area (Å²) in [6.45, 7) is 13.1. The lowest BCUT2D eigenvalue weighted by Crippen LogP contribution is -2.18. The molecule has 0 aliphatic rings. The van der Waals surface area contributed by atoms with Crippen LogP contribution in [0.3, 0.4) is 0 Å². The number of rotatable bonds is 4. The van der Waals surface area contributed by atoms with Crippen LogP contribution in [-0.2, 0) is 22.7 Å². The van der Waals surface area contributed by atoms with E-state index in [1.54, 1.807) is 24.5 Å². The molecule has 0 radical (unpaired) electrons. The van der Waals surface area contributed by atoms with E-state index in [4.69, 9.17) is 20.0 Å². The van der Waals surface area contributed by atoms with E-state index in [-0.39, 0.29) is 11.2 Å². The zero-order chi connectivity index (χ0) is 21.2. The van der Waals surface area contributed by atoms with Gasteiger partial charge in [-0.1, -0.05) is 12.1 Å². The van der Waals surface area contributed by atoms with Crippen LogP contribution in [0.4, 0.5) is 0 Å². The predicted octanol–water partition coefficient (Wildman–Crippen LogP) is 5.14. The summed E-state index contributed by atoms with van der Waals surface area (Å²) >= 11 is 0. The summed E-state index contributed by atoms with van der Waals surface area (Å²) in [4.78, 5) is 3.95. The van der Waals surface area contributed by atoms with Crippen molar-refractivity contribution in [2.45, 2.75) is 66.0 Å². The third kappa shape index (κ3) is 10.4. The van der Waals surface area contributed by atoms with E-state index in [0.29, 0.717) is 24.3 Å². The van der Waals surface area contributed by atoms with Gasteiger partial charge < -0.3 is 9.47 Å². The first-order valence-electron chi connectivity index (χ1n) is 9.13. The summed E-state index contributed by atoms with van der Waals surface area (Å²) in [5, 5.41) is 17.4. The van der Waals surface area contributed by atoms with Crippen molar-refractivity contribution in [2.75, 3.05) is 0 Å². The highest BCUT2D eigenvalue weighted by molar-refractivity contribution is 5.32. The van der Waals surface area contributed by atoms with Gasteiger partial charge in [-0.15, -0.1) is 0 Å². The number of benzene rings is 1. The molecule has 148 valence electrons. The van der Waals surface area contributed by atoms with Gasteiger partial charge in [-0.2, -0.15) is 10.5 Å². The van der Waals surface area contributed by atoms with Crippen molar-refractivity contribution in [3.8, 4) is 12.1 Å². The Morgan fingerprint density at radius 3 is 1.86 bits per heavy atom. The molecule has 0 aliphatic carbocycles. The molecule has 1 aromatic heterocycles. The molecule has 1 heterocycles. The minimum absolute atomic E-state index is 0.136. The van der Waals surface area contributed by atoms with Crippen molar-refractivity contribution in [3.63, 3.8) is 0 Å². The fraction of sp³-hybridized carbons (Fsp3) is 0.435. The molecule has 2 aromatic rings. The van der Waals surface area contributed by atoms with Crippen molar-refractivity contribution in [1.29, 1.82) is 10.5 Å². The second kappa shape index (κ2) is 10.6. The first kappa shape index (κ1) is 23.3. The lowest BCUT2D eigenvalue weighted by Gasteiger charge is -2.19. The van der Waals surface area contributed by atoms with Gasteiger partial charge in [-0.05, 0) is 70.9 Å². The van der Waals surface area contributed by atoms with Crippen LogP contribution in [0, 0.1) is 22.7 Å². The van der Waals surface area contributed by atoms with E-state index in [0.717, 1.165) is 11.1 Å². The zero-order valence-electron chi connectivity index (χ0n) is 17.6. The first-order valence-corrected chi connectivity index (χ1v) is 9.13. The monoisotopic (exact) mass is 379 g/mol. The Kier molecular flexibility index (Phi) is 8.79. The SMILES string of the molecule is CC(C)(C)OCc1cccc(C#N)c1.CC(C)(C)OCc1cncc(C#N)c1. The first-order chi connectivity index (χ1) is 13.0. The molecule has 5 heteroatoms. The molecule has 0 spiro atoms. The van der Waals surface area contributed by atoms with Gasteiger partial charge in [0.05, 0.1) is 41.6 Å². The summed E-state index contributed by atoms with van der Waals surface area (Å²) < 4.78 is 11.2. The number of nitrogens with zero attached hydrogens (tertiary/aromatic N) is 3. The molecule has 0 atom stereocenters. The number of ether oxygens (including phenoxy) is 2. The number of nitriles is 2. The highest BCUT2D eigenvalue weighted by Gasteiger charge is 2.10. The third-order valence-electron chi connectivity index (χ3n) is 3.32. The third-order valence-corrected chi connectivity index (χ3v) is 3.32. The molecule has 0 fully saturated rings. The Morgan fingerprint density at radius 2 is 1.32 bits per heavy atom. The van der Waals surface area contributed by atoms with Crippen LogP contribution in [0.2, 0.25) is 0 Å². The normalized spacial score (nSPS) is 11.0. The van der Waals surface area contributed by atoms with E-state index in [1.807, 2.05) is 65.8 Å². The van der Waals surface area contributed by atoms with Crippen LogP contribution < -0.4 is 0 Å². The van der Waals surface area contributed by atoms with E-state index < -0.39 is 0 Å². The minimum Gasteiger partial charge on any atom is -0.371 e. The van der Waals surface area contributed by atoms with Crippen LogP contribution in [-0.4, -0.2) is 16.2 Å². The molecule has 0 saturated carbocycles. The zero-order valence-corrected chi connectivity index (χ0v) is 17.6. The van der Waals surface area contributed by atoms with E-state index in [9.17, 15) is 0 Å². The summed E-state index contributed by atoms with van der Waals surface area (Å²) in [7, 11) is 0. The molecule has 0 aliphatic heterocycles. The maximum atomic E-state index is 8.70. The van der Waals surface area contributed by atoms with E-state index in [1.165, 1.54) is 0 Å². The van der Waals surface area contributed by atoms with E-state index >= 15 is 0 Å². The summed E-state index contributed by atoms with van der Waals surface area (Å²) in [6, 6.07) is 13.4. The van der Waals surface area contributed by atoms with Crippen molar-refractivity contribution in [3.05, 3.63) is 65.0 Å². The Labute approximate surface area is 168 Å². The molecule has 0 bridgehead atoms. The van der Waals surface area contributed by atoms with Crippen LogP contribution >= 0.6 is 0 Å². The standard InChI is InChI=1S/C12H15NO.C11H14N2O/c1-12(2,3)14-9-11-6-4-5-10(7-11)8-13;1-11(2,3)14-8-10-4-9(5-12)6-13-7-10/h4-7H,9H2,1-3H3;4,6-7H,8H2,1-3H3. The second-order valence-corrected chi connectivity index (χ2v) is 8.31. The molecule has 0 unspecified atom stereocenters. The summed E-state index contributed by atoms with van der Waals surface area (Å²) in [6.07, 6.45) is 3.26. The van der Waals surface area contributed by atoms with E-state index in [2.05, 4.69) is 11.1 Å². The van der Waals surface area contributed by atoms with Crippen LogP contribution in [0.1, 0.15) is 63.8 Å². The molecule has 2 rings (SSSR count). The van der Waals surface area contributed by atoms with Gasteiger partial charge in [-0.3, -0.25) is 4.98 Å². The van der Waals surface area contributed by atoms with Gasteiger partial charge in [0, 0.05) is 12.4 Å². The molecule has 0 amide bonds. The van der Waals surface area contributed by atoms with Gasteiger partial charge in [0.1, 0.15) is 6.07 Å². The number of hydrogen-bond donors (Lipinski definition) is 0. The fourth-order valence-corrected chi connectivity index (χ4v) is 1.96. The van der Waals surface area contributed by atoms with Gasteiger partial charge in [0.25, 0.3) is 0 Å². The number of pyridine rings is 1. The van der Waals surface area contributed by atoms with Gasteiger partial charge in [-0.25, -0.2) is 0 Å². The summed E-state index contributed by atoms with van der Waals surface area (Å²) in [5.41, 5.74) is 2.92. The van der Waals surface area contributed by atoms with Crippen LogP contribution in [0.15, 0.2) is 42.7 Å². The maximum Gasteiger partial charge on any atom is 0.101 e. The Bertz CT molecular complexity index is 763. The maximum absolute atomic E-state index is 8.70.